The number of hydrogen-bond acceptors (Lipinski definition) is 5. The van der Waals surface area contributed by atoms with E-state index in [-0.39, 0.29) is 17.5 Å². The molecule has 1 amide bonds. The smallest absolute Gasteiger partial charge is 0.261 e. The van der Waals surface area contributed by atoms with Gasteiger partial charge in [0.2, 0.25) is 0 Å². The van der Waals surface area contributed by atoms with Gasteiger partial charge in [0, 0.05) is 18.7 Å². The standard InChI is InChI=1S/C24H21ClN4O3/c1-15-21(22(27-32-15)17-8-2-4-10-19(17)25)24(31)28-12-6-7-16(13-28)29-14-26-20-11-5-3-9-18(20)23(29)30/h2-5,8-11,14,16H,6-7,12-13H2,1H3/t16-/m0/s1. The Balaban J connectivity index is 1.47. The van der Waals surface area contributed by atoms with Crippen molar-refractivity contribution in [2.75, 3.05) is 13.1 Å². The molecule has 5 rings (SSSR count). The van der Waals surface area contributed by atoms with Gasteiger partial charge >= 0.3 is 0 Å². The first-order valence-electron chi connectivity index (χ1n) is 10.5. The average molecular weight is 449 g/mol. The topological polar surface area (TPSA) is 81.2 Å². The number of nitrogens with zero attached hydrogens (tertiary/aromatic N) is 4. The molecule has 162 valence electrons. The van der Waals surface area contributed by atoms with Crippen LogP contribution in [0.4, 0.5) is 0 Å². The zero-order chi connectivity index (χ0) is 22.2. The number of piperidine rings is 1. The van der Waals surface area contributed by atoms with E-state index in [0.717, 1.165) is 12.8 Å². The lowest BCUT2D eigenvalue weighted by Crippen LogP contribution is -2.43. The molecule has 0 radical (unpaired) electrons. The summed E-state index contributed by atoms with van der Waals surface area (Å²) in [5.41, 5.74) is 2.07. The van der Waals surface area contributed by atoms with Crippen LogP contribution in [0.1, 0.15) is 35.0 Å². The van der Waals surface area contributed by atoms with Crippen molar-refractivity contribution in [3.63, 3.8) is 0 Å². The zero-order valence-corrected chi connectivity index (χ0v) is 18.2. The van der Waals surface area contributed by atoms with E-state index in [1.807, 2.05) is 36.4 Å². The number of carbonyl (C=O) groups excluding carboxylic acids is 1. The summed E-state index contributed by atoms with van der Waals surface area (Å²) in [5, 5.41) is 5.19. The Kier molecular flexibility index (Phi) is 5.27. The van der Waals surface area contributed by atoms with Gasteiger partial charge in [-0.25, -0.2) is 4.98 Å². The van der Waals surface area contributed by atoms with Crippen LogP contribution in [0, 0.1) is 6.92 Å². The van der Waals surface area contributed by atoms with Crippen LogP contribution in [0.3, 0.4) is 0 Å². The molecular weight excluding hydrogens is 428 g/mol. The van der Waals surface area contributed by atoms with E-state index < -0.39 is 0 Å². The maximum absolute atomic E-state index is 13.5. The molecule has 3 heterocycles. The monoisotopic (exact) mass is 448 g/mol. The summed E-state index contributed by atoms with van der Waals surface area (Å²) in [6.45, 7) is 2.72. The number of benzene rings is 2. The third kappa shape index (κ3) is 3.48. The minimum absolute atomic E-state index is 0.0900. The zero-order valence-electron chi connectivity index (χ0n) is 17.5. The Bertz CT molecular complexity index is 1380. The van der Waals surface area contributed by atoms with Gasteiger partial charge in [-0.2, -0.15) is 0 Å². The van der Waals surface area contributed by atoms with E-state index in [2.05, 4.69) is 10.1 Å². The van der Waals surface area contributed by atoms with Crippen molar-refractivity contribution < 1.29 is 9.32 Å². The number of carbonyl (C=O) groups is 1. The Labute approximate surface area is 189 Å². The van der Waals surface area contributed by atoms with Gasteiger partial charge in [0.1, 0.15) is 17.0 Å². The highest BCUT2D eigenvalue weighted by molar-refractivity contribution is 6.33. The lowest BCUT2D eigenvalue weighted by Gasteiger charge is -2.33. The Morgan fingerprint density at radius 1 is 1.16 bits per heavy atom. The largest absolute Gasteiger partial charge is 0.360 e. The number of hydrogen-bond donors (Lipinski definition) is 0. The Morgan fingerprint density at radius 2 is 1.94 bits per heavy atom. The van der Waals surface area contributed by atoms with Crippen LogP contribution in [-0.2, 0) is 0 Å². The second kappa shape index (κ2) is 8.24. The molecule has 1 aliphatic rings. The molecular formula is C24H21ClN4O3. The maximum Gasteiger partial charge on any atom is 0.261 e. The third-order valence-corrected chi connectivity index (χ3v) is 6.30. The molecule has 0 aliphatic carbocycles. The second-order valence-electron chi connectivity index (χ2n) is 7.96. The summed E-state index contributed by atoms with van der Waals surface area (Å²) in [7, 11) is 0. The summed E-state index contributed by atoms with van der Waals surface area (Å²) in [4.78, 5) is 32.8. The second-order valence-corrected chi connectivity index (χ2v) is 8.37. The van der Waals surface area contributed by atoms with Crippen molar-refractivity contribution in [3.8, 4) is 11.3 Å². The van der Waals surface area contributed by atoms with Crippen molar-refractivity contribution in [2.45, 2.75) is 25.8 Å². The molecule has 0 saturated carbocycles. The minimum Gasteiger partial charge on any atom is -0.360 e. The van der Waals surface area contributed by atoms with E-state index in [4.69, 9.17) is 16.1 Å². The van der Waals surface area contributed by atoms with Gasteiger partial charge in [0.25, 0.3) is 11.5 Å². The van der Waals surface area contributed by atoms with Crippen LogP contribution in [0.15, 0.2) is 64.2 Å². The van der Waals surface area contributed by atoms with E-state index in [9.17, 15) is 9.59 Å². The molecule has 1 fully saturated rings. The van der Waals surface area contributed by atoms with E-state index in [1.165, 1.54) is 0 Å². The third-order valence-electron chi connectivity index (χ3n) is 5.97. The van der Waals surface area contributed by atoms with Crippen molar-refractivity contribution >= 4 is 28.4 Å². The van der Waals surface area contributed by atoms with Crippen LogP contribution in [-0.4, -0.2) is 38.6 Å². The molecule has 1 atom stereocenters. The number of aromatic nitrogens is 3. The van der Waals surface area contributed by atoms with Crippen molar-refractivity contribution in [1.82, 2.24) is 19.6 Å². The summed E-state index contributed by atoms with van der Waals surface area (Å²) >= 11 is 6.35. The summed E-state index contributed by atoms with van der Waals surface area (Å²) in [6, 6.07) is 14.4. The van der Waals surface area contributed by atoms with Gasteiger partial charge in [-0.15, -0.1) is 0 Å². The van der Waals surface area contributed by atoms with Gasteiger partial charge < -0.3 is 9.42 Å². The highest BCUT2D eigenvalue weighted by Crippen LogP contribution is 2.33. The van der Waals surface area contributed by atoms with Crippen molar-refractivity contribution in [1.29, 1.82) is 0 Å². The molecule has 32 heavy (non-hydrogen) atoms. The lowest BCUT2D eigenvalue weighted by molar-refractivity contribution is 0.0676. The molecule has 1 saturated heterocycles. The maximum atomic E-state index is 13.5. The molecule has 2 aromatic carbocycles. The number of para-hydroxylation sites is 1. The normalized spacial score (nSPS) is 16.4. The quantitative estimate of drug-likeness (QED) is 0.461. The SMILES string of the molecule is Cc1onc(-c2ccccc2Cl)c1C(=O)N1CCC[C@H](n2cnc3ccccc3c2=O)C1. The van der Waals surface area contributed by atoms with Crippen LogP contribution in [0.5, 0.6) is 0 Å². The summed E-state index contributed by atoms with van der Waals surface area (Å²) in [5.74, 6) is 0.266. The first-order chi connectivity index (χ1) is 15.5. The predicted octanol–water partition coefficient (Wildman–Crippen LogP) is 4.49. The van der Waals surface area contributed by atoms with Gasteiger partial charge in [-0.05, 0) is 38.0 Å². The van der Waals surface area contributed by atoms with Crippen molar-refractivity contribution in [3.05, 3.63) is 81.6 Å². The first kappa shape index (κ1) is 20.5. The van der Waals surface area contributed by atoms with E-state index in [0.29, 0.717) is 51.6 Å². The number of halogens is 1. The number of rotatable bonds is 3. The number of likely N-dealkylation sites (tertiary alicyclic amines) is 1. The van der Waals surface area contributed by atoms with Crippen molar-refractivity contribution in [2.24, 2.45) is 0 Å². The average Bonchev–Trinajstić information content (AvgIpc) is 3.20. The molecule has 1 aliphatic heterocycles. The molecule has 0 N–H and O–H groups in total. The Morgan fingerprint density at radius 3 is 2.78 bits per heavy atom. The molecule has 0 unspecified atom stereocenters. The van der Waals surface area contributed by atoms with Crippen LogP contribution < -0.4 is 5.56 Å². The first-order valence-corrected chi connectivity index (χ1v) is 10.9. The lowest BCUT2D eigenvalue weighted by atomic mass is 10.0. The number of fused-ring (bicyclic) bond motifs is 1. The summed E-state index contributed by atoms with van der Waals surface area (Å²) < 4.78 is 7.02. The molecule has 4 aromatic rings. The number of aryl methyl sites for hydroxylation is 1. The molecule has 2 aromatic heterocycles. The van der Waals surface area contributed by atoms with Crippen LogP contribution in [0.2, 0.25) is 5.02 Å². The van der Waals surface area contributed by atoms with E-state index in [1.54, 1.807) is 34.9 Å². The summed E-state index contributed by atoms with van der Waals surface area (Å²) in [6.07, 6.45) is 3.16. The highest BCUT2D eigenvalue weighted by atomic mass is 35.5. The fraction of sp³-hybridized carbons (Fsp3) is 0.250. The molecule has 0 spiro atoms. The van der Waals surface area contributed by atoms with Gasteiger partial charge in [0.15, 0.2) is 0 Å². The molecule has 0 bridgehead atoms. The predicted molar refractivity (Wildman–Crippen MR) is 122 cm³/mol. The fourth-order valence-corrected chi connectivity index (χ4v) is 4.55. The van der Waals surface area contributed by atoms with E-state index >= 15 is 0 Å². The number of amides is 1. The van der Waals surface area contributed by atoms with Crippen LogP contribution in [0.25, 0.3) is 22.2 Å². The fourth-order valence-electron chi connectivity index (χ4n) is 4.33. The highest BCUT2D eigenvalue weighted by Gasteiger charge is 2.31. The Hall–Kier alpha value is -3.45. The van der Waals surface area contributed by atoms with Gasteiger partial charge in [-0.3, -0.25) is 14.2 Å². The molecule has 8 heteroatoms. The minimum atomic E-state index is -0.176. The van der Waals surface area contributed by atoms with Gasteiger partial charge in [-0.1, -0.05) is 47.1 Å². The van der Waals surface area contributed by atoms with Gasteiger partial charge in [0.05, 0.1) is 28.3 Å². The molecule has 7 nitrogen and oxygen atoms in total. The van der Waals surface area contributed by atoms with Crippen LogP contribution >= 0.6 is 11.6 Å².